The van der Waals surface area contributed by atoms with Crippen LogP contribution in [0.2, 0.25) is 0 Å². The number of hydrogen-bond donors (Lipinski definition) is 1. The Morgan fingerprint density at radius 1 is 1.47 bits per heavy atom. The molecule has 1 saturated heterocycles. The van der Waals surface area contributed by atoms with E-state index in [9.17, 15) is 0 Å². The molecule has 1 aromatic rings. The van der Waals surface area contributed by atoms with E-state index in [4.69, 9.17) is 5.73 Å². The second kappa shape index (κ2) is 5.45. The van der Waals surface area contributed by atoms with Gasteiger partial charge in [0.2, 0.25) is 5.95 Å². The Bertz CT molecular complexity index is 378. The summed E-state index contributed by atoms with van der Waals surface area (Å²) < 4.78 is 0. The Balaban J connectivity index is 2.25. The molecular weight excluding hydrogens is 212 g/mol. The van der Waals surface area contributed by atoms with Crippen molar-refractivity contribution >= 4 is 5.95 Å². The highest BCUT2D eigenvalue weighted by molar-refractivity contribution is 5.35. The molecule has 1 unspecified atom stereocenters. The molecule has 0 aliphatic carbocycles. The van der Waals surface area contributed by atoms with Crippen LogP contribution in [-0.2, 0) is 6.42 Å². The van der Waals surface area contributed by atoms with Crippen LogP contribution in [0.1, 0.15) is 37.4 Å². The van der Waals surface area contributed by atoms with Crippen molar-refractivity contribution in [2.24, 2.45) is 5.73 Å². The van der Waals surface area contributed by atoms with Crippen molar-refractivity contribution in [2.75, 3.05) is 18.0 Å². The maximum absolute atomic E-state index is 5.83. The Hall–Kier alpha value is -1.16. The van der Waals surface area contributed by atoms with Crippen molar-refractivity contribution in [3.05, 3.63) is 17.5 Å². The fourth-order valence-corrected chi connectivity index (χ4v) is 2.47. The van der Waals surface area contributed by atoms with Crippen molar-refractivity contribution in [1.29, 1.82) is 0 Å². The highest BCUT2D eigenvalue weighted by Crippen LogP contribution is 2.21. The van der Waals surface area contributed by atoms with E-state index in [1.807, 2.05) is 6.20 Å². The van der Waals surface area contributed by atoms with E-state index >= 15 is 0 Å². The van der Waals surface area contributed by atoms with Crippen LogP contribution in [0, 0.1) is 6.92 Å². The van der Waals surface area contributed by atoms with Crippen molar-refractivity contribution < 1.29 is 0 Å². The van der Waals surface area contributed by atoms with E-state index in [0.29, 0.717) is 12.6 Å². The van der Waals surface area contributed by atoms with Gasteiger partial charge in [0.1, 0.15) is 0 Å². The van der Waals surface area contributed by atoms with E-state index in [-0.39, 0.29) is 0 Å². The lowest BCUT2D eigenvalue weighted by Gasteiger charge is -2.35. The molecule has 0 aromatic carbocycles. The van der Waals surface area contributed by atoms with Gasteiger partial charge >= 0.3 is 0 Å². The fraction of sp³-hybridized carbons (Fsp3) is 0.692. The lowest BCUT2D eigenvalue weighted by atomic mass is 10.0. The Kier molecular flexibility index (Phi) is 3.94. The third-order valence-electron chi connectivity index (χ3n) is 3.55. The van der Waals surface area contributed by atoms with Crippen molar-refractivity contribution in [1.82, 2.24) is 9.97 Å². The number of anilines is 1. The van der Waals surface area contributed by atoms with Crippen LogP contribution >= 0.6 is 0 Å². The lowest BCUT2D eigenvalue weighted by molar-refractivity contribution is 0.457. The molecule has 0 saturated carbocycles. The number of hydrogen-bond acceptors (Lipinski definition) is 4. The van der Waals surface area contributed by atoms with E-state index < -0.39 is 0 Å². The average molecular weight is 234 g/mol. The van der Waals surface area contributed by atoms with Gasteiger partial charge in [-0.25, -0.2) is 9.97 Å². The Morgan fingerprint density at radius 2 is 2.29 bits per heavy atom. The van der Waals surface area contributed by atoms with Gasteiger partial charge in [0.25, 0.3) is 0 Å². The maximum atomic E-state index is 5.83. The van der Waals surface area contributed by atoms with E-state index in [1.54, 1.807) is 0 Å². The molecule has 1 aliphatic rings. The first-order valence-electron chi connectivity index (χ1n) is 6.55. The molecule has 0 bridgehead atoms. The minimum Gasteiger partial charge on any atom is -0.337 e. The van der Waals surface area contributed by atoms with E-state index in [1.165, 1.54) is 18.4 Å². The topological polar surface area (TPSA) is 55.0 Å². The minimum absolute atomic E-state index is 0.413. The first-order chi connectivity index (χ1) is 8.26. The number of aromatic nitrogens is 2. The summed E-state index contributed by atoms with van der Waals surface area (Å²) in [4.78, 5) is 11.4. The largest absolute Gasteiger partial charge is 0.337 e. The first kappa shape index (κ1) is 12.3. The van der Waals surface area contributed by atoms with E-state index in [2.05, 4.69) is 28.7 Å². The number of nitrogens with zero attached hydrogens (tertiary/aromatic N) is 3. The van der Waals surface area contributed by atoms with Crippen LogP contribution in [0.15, 0.2) is 6.20 Å². The predicted octanol–water partition coefficient (Wildman–Crippen LogP) is 1.67. The molecule has 2 N–H and O–H groups in total. The third-order valence-corrected chi connectivity index (χ3v) is 3.55. The zero-order valence-corrected chi connectivity index (χ0v) is 10.8. The summed E-state index contributed by atoms with van der Waals surface area (Å²) in [6.07, 6.45) is 6.54. The molecule has 1 fully saturated rings. The highest BCUT2D eigenvalue weighted by atomic mass is 15.3. The second-order valence-corrected chi connectivity index (χ2v) is 4.73. The van der Waals surface area contributed by atoms with Crippen LogP contribution in [0.4, 0.5) is 5.95 Å². The van der Waals surface area contributed by atoms with Gasteiger partial charge in [-0.2, -0.15) is 0 Å². The summed E-state index contributed by atoms with van der Waals surface area (Å²) in [5.74, 6) is 0.864. The smallest absolute Gasteiger partial charge is 0.225 e. The van der Waals surface area contributed by atoms with Gasteiger partial charge in [0.05, 0.1) is 0 Å². The monoisotopic (exact) mass is 234 g/mol. The molecule has 17 heavy (non-hydrogen) atoms. The average Bonchev–Trinajstić information content (AvgIpc) is 2.39. The van der Waals surface area contributed by atoms with Crippen LogP contribution in [0.3, 0.4) is 0 Å². The number of piperidine rings is 1. The quantitative estimate of drug-likeness (QED) is 0.864. The first-order valence-corrected chi connectivity index (χ1v) is 6.55. The van der Waals surface area contributed by atoms with Crippen LogP contribution in [0.5, 0.6) is 0 Å². The molecule has 2 rings (SSSR count). The molecule has 2 heterocycles. The molecule has 1 aliphatic heterocycles. The summed E-state index contributed by atoms with van der Waals surface area (Å²) in [7, 11) is 0. The van der Waals surface area contributed by atoms with Gasteiger partial charge in [0, 0.05) is 31.0 Å². The summed E-state index contributed by atoms with van der Waals surface area (Å²) in [5.41, 5.74) is 8.16. The summed E-state index contributed by atoms with van der Waals surface area (Å²) >= 11 is 0. The Morgan fingerprint density at radius 3 is 3.00 bits per heavy atom. The van der Waals surface area contributed by atoms with Gasteiger partial charge in [-0.1, -0.05) is 6.92 Å². The van der Waals surface area contributed by atoms with Crippen molar-refractivity contribution in [3.8, 4) is 0 Å². The fourth-order valence-electron chi connectivity index (χ4n) is 2.47. The van der Waals surface area contributed by atoms with Gasteiger partial charge in [-0.3, -0.25) is 0 Å². The van der Waals surface area contributed by atoms with Gasteiger partial charge in [-0.15, -0.1) is 0 Å². The van der Waals surface area contributed by atoms with Crippen LogP contribution in [-0.4, -0.2) is 29.1 Å². The van der Waals surface area contributed by atoms with Gasteiger partial charge < -0.3 is 10.6 Å². The standard InChI is InChI=1S/C13H22N4/c1-3-12-10(2)9-15-13(16-12)17-7-5-4-6-11(17)8-14/h9,11H,3-8,14H2,1-2H3. The zero-order chi connectivity index (χ0) is 12.3. The number of nitrogens with two attached hydrogens (primary N) is 1. The molecule has 0 amide bonds. The normalized spacial score (nSPS) is 20.6. The highest BCUT2D eigenvalue weighted by Gasteiger charge is 2.23. The maximum Gasteiger partial charge on any atom is 0.225 e. The van der Waals surface area contributed by atoms with Gasteiger partial charge in [0.15, 0.2) is 0 Å². The van der Waals surface area contributed by atoms with Crippen molar-refractivity contribution in [3.63, 3.8) is 0 Å². The number of aryl methyl sites for hydroxylation is 2. The lowest BCUT2D eigenvalue weighted by Crippen LogP contribution is -2.45. The number of rotatable bonds is 3. The molecule has 4 nitrogen and oxygen atoms in total. The molecule has 4 heteroatoms. The predicted molar refractivity (Wildman–Crippen MR) is 70.2 cm³/mol. The molecule has 0 radical (unpaired) electrons. The molecule has 1 atom stereocenters. The Labute approximate surface area is 103 Å². The van der Waals surface area contributed by atoms with Gasteiger partial charge in [-0.05, 0) is 38.2 Å². The van der Waals surface area contributed by atoms with Crippen LogP contribution in [0.25, 0.3) is 0 Å². The SMILES string of the molecule is CCc1nc(N2CCCCC2CN)ncc1C. The summed E-state index contributed by atoms with van der Waals surface area (Å²) in [6.45, 7) is 5.93. The second-order valence-electron chi connectivity index (χ2n) is 4.73. The molecular formula is C13H22N4. The minimum atomic E-state index is 0.413. The zero-order valence-electron chi connectivity index (χ0n) is 10.8. The van der Waals surface area contributed by atoms with E-state index in [0.717, 1.165) is 31.0 Å². The van der Waals surface area contributed by atoms with Crippen LogP contribution < -0.4 is 10.6 Å². The molecule has 0 spiro atoms. The van der Waals surface area contributed by atoms with Crippen molar-refractivity contribution in [2.45, 2.75) is 45.6 Å². The summed E-state index contributed by atoms with van der Waals surface area (Å²) in [6, 6.07) is 0.413. The molecule has 1 aromatic heterocycles. The molecule has 94 valence electrons. The third kappa shape index (κ3) is 2.57. The summed E-state index contributed by atoms with van der Waals surface area (Å²) in [5, 5.41) is 0.